The van der Waals surface area contributed by atoms with Crippen molar-refractivity contribution in [2.75, 3.05) is 18.5 Å². The molecular formula is C16H17NO2. The van der Waals surface area contributed by atoms with Gasteiger partial charge >= 0.3 is 5.97 Å². The van der Waals surface area contributed by atoms with E-state index in [9.17, 15) is 9.90 Å². The number of hydrogen-bond donors (Lipinski definition) is 1. The lowest BCUT2D eigenvalue weighted by atomic mass is 10.0. The maximum atomic E-state index is 11.2. The van der Waals surface area contributed by atoms with Gasteiger partial charge in [0, 0.05) is 24.7 Å². The van der Waals surface area contributed by atoms with Gasteiger partial charge in [-0.1, -0.05) is 36.4 Å². The zero-order chi connectivity index (χ0) is 14.0. The third-order valence-corrected chi connectivity index (χ3v) is 3.05. The fourth-order valence-corrected chi connectivity index (χ4v) is 2.29. The lowest BCUT2D eigenvalue weighted by Gasteiger charge is -2.22. The molecule has 0 saturated carbocycles. The quantitative estimate of drug-likeness (QED) is 0.849. The highest BCUT2D eigenvalue weighted by molar-refractivity contribution is 6.07. The summed E-state index contributed by atoms with van der Waals surface area (Å²) in [4.78, 5) is 13.3. The van der Waals surface area contributed by atoms with Crippen molar-refractivity contribution in [3.05, 3.63) is 54.1 Å². The van der Waals surface area contributed by atoms with Gasteiger partial charge in [-0.3, -0.25) is 0 Å². The lowest BCUT2D eigenvalue weighted by Crippen LogP contribution is -2.19. The van der Waals surface area contributed by atoms with Crippen LogP contribution >= 0.6 is 0 Å². The van der Waals surface area contributed by atoms with Gasteiger partial charge in [0.15, 0.2) is 0 Å². The predicted octanol–water partition coefficient (Wildman–Crippen LogP) is 3.55. The summed E-state index contributed by atoms with van der Waals surface area (Å²) in [5.74, 6) is -0.898. The number of hydrogen-bond acceptors (Lipinski definition) is 2. The second kappa shape index (κ2) is 5.14. The van der Waals surface area contributed by atoms with Gasteiger partial charge in [-0.15, -0.1) is 0 Å². The van der Waals surface area contributed by atoms with Crippen LogP contribution < -0.4 is 4.90 Å². The highest BCUT2D eigenvalue weighted by Gasteiger charge is 2.12. The van der Waals surface area contributed by atoms with Crippen molar-refractivity contribution in [3.8, 4) is 0 Å². The molecule has 0 unspecified atom stereocenters. The molecule has 2 rings (SSSR count). The Morgan fingerprint density at radius 2 is 1.84 bits per heavy atom. The molecule has 0 spiro atoms. The number of nitrogens with zero attached hydrogens (tertiary/aromatic N) is 1. The van der Waals surface area contributed by atoms with E-state index < -0.39 is 5.97 Å². The minimum absolute atomic E-state index is 0.336. The van der Waals surface area contributed by atoms with Crippen LogP contribution in [0.1, 0.15) is 17.3 Å². The Kier molecular flexibility index (Phi) is 3.56. The van der Waals surface area contributed by atoms with Crippen molar-refractivity contribution in [3.63, 3.8) is 0 Å². The first-order chi connectivity index (χ1) is 9.00. The van der Waals surface area contributed by atoms with Gasteiger partial charge in [0.2, 0.25) is 0 Å². The van der Waals surface area contributed by atoms with Crippen LogP contribution in [0.5, 0.6) is 0 Å². The van der Waals surface area contributed by atoms with Crippen LogP contribution in [-0.4, -0.2) is 24.7 Å². The van der Waals surface area contributed by atoms with E-state index in [1.165, 1.54) is 0 Å². The molecule has 0 heterocycles. The van der Waals surface area contributed by atoms with Crippen LogP contribution in [0.3, 0.4) is 0 Å². The maximum Gasteiger partial charge on any atom is 0.336 e. The van der Waals surface area contributed by atoms with Gasteiger partial charge in [0.1, 0.15) is 0 Å². The molecule has 0 aliphatic rings. The molecule has 0 aliphatic carbocycles. The van der Waals surface area contributed by atoms with E-state index in [4.69, 9.17) is 0 Å². The summed E-state index contributed by atoms with van der Waals surface area (Å²) in [5, 5.41) is 10.9. The molecule has 0 atom stereocenters. The fraction of sp³-hybridized carbons (Fsp3) is 0.188. The Hall–Kier alpha value is -2.29. The van der Waals surface area contributed by atoms with Gasteiger partial charge in [-0.25, -0.2) is 4.79 Å². The first-order valence-electron chi connectivity index (χ1n) is 6.11. The second-order valence-electron chi connectivity index (χ2n) is 4.80. The number of carboxylic acid groups (broad SMARTS) is 1. The maximum absolute atomic E-state index is 11.2. The molecule has 3 nitrogen and oxygen atoms in total. The Balaban J connectivity index is 2.61. The number of carbonyl (C=O) groups is 1. The molecule has 19 heavy (non-hydrogen) atoms. The average Bonchev–Trinajstić information content (AvgIpc) is 2.36. The Labute approximate surface area is 112 Å². The molecule has 0 fully saturated rings. The molecule has 0 amide bonds. The van der Waals surface area contributed by atoms with Crippen LogP contribution in [-0.2, 0) is 0 Å². The minimum atomic E-state index is -0.898. The number of carboxylic acids is 1. The largest absolute Gasteiger partial charge is 0.478 e. The molecule has 0 bridgehead atoms. The molecule has 0 aromatic heterocycles. The van der Waals surface area contributed by atoms with Gasteiger partial charge in [-0.2, -0.15) is 0 Å². The number of rotatable bonds is 4. The summed E-state index contributed by atoms with van der Waals surface area (Å²) >= 11 is 0. The van der Waals surface area contributed by atoms with Gasteiger partial charge in [0.05, 0.1) is 5.56 Å². The molecule has 3 heteroatoms. The number of anilines is 1. The smallest absolute Gasteiger partial charge is 0.336 e. The standard InChI is InChI=1S/C16H17NO2/c1-11(2)10-17(3)15-9-8-14(16(18)19)12-6-4-5-7-13(12)15/h4-9H,1,10H2,2-3H3,(H,18,19). The number of fused-ring (bicyclic) bond motifs is 1. The van der Waals surface area contributed by atoms with Gasteiger partial charge in [-0.05, 0) is 24.4 Å². The van der Waals surface area contributed by atoms with Crippen molar-refractivity contribution < 1.29 is 9.90 Å². The SMILES string of the molecule is C=C(C)CN(C)c1ccc(C(=O)O)c2ccccc12. The monoisotopic (exact) mass is 255 g/mol. The van der Waals surface area contributed by atoms with E-state index in [-0.39, 0.29) is 0 Å². The summed E-state index contributed by atoms with van der Waals surface area (Å²) in [6.07, 6.45) is 0. The Bertz CT molecular complexity index is 646. The molecular weight excluding hydrogens is 238 g/mol. The summed E-state index contributed by atoms with van der Waals surface area (Å²) in [6.45, 7) is 6.63. The first kappa shape index (κ1) is 13.1. The Morgan fingerprint density at radius 1 is 1.21 bits per heavy atom. The zero-order valence-electron chi connectivity index (χ0n) is 11.2. The summed E-state index contributed by atoms with van der Waals surface area (Å²) in [6, 6.07) is 11.1. The molecule has 0 aliphatic heterocycles. The Morgan fingerprint density at radius 3 is 2.42 bits per heavy atom. The predicted molar refractivity (Wildman–Crippen MR) is 79.0 cm³/mol. The van der Waals surface area contributed by atoms with Crippen LogP contribution in [0.25, 0.3) is 10.8 Å². The number of likely N-dealkylation sites (N-methyl/N-ethyl adjacent to an activating group) is 1. The van der Waals surface area contributed by atoms with Gasteiger partial charge in [0.25, 0.3) is 0 Å². The fourth-order valence-electron chi connectivity index (χ4n) is 2.29. The molecule has 1 N–H and O–H groups in total. The highest BCUT2D eigenvalue weighted by Crippen LogP contribution is 2.29. The van der Waals surface area contributed by atoms with Crippen LogP contribution in [0.4, 0.5) is 5.69 Å². The molecule has 2 aromatic rings. The van der Waals surface area contributed by atoms with Crippen LogP contribution in [0.15, 0.2) is 48.6 Å². The third kappa shape index (κ3) is 2.60. The highest BCUT2D eigenvalue weighted by atomic mass is 16.4. The van der Waals surface area contributed by atoms with E-state index in [1.807, 2.05) is 44.3 Å². The topological polar surface area (TPSA) is 40.5 Å². The van der Waals surface area contributed by atoms with E-state index in [0.717, 1.165) is 28.6 Å². The van der Waals surface area contributed by atoms with Crippen molar-refractivity contribution in [1.29, 1.82) is 0 Å². The first-order valence-corrected chi connectivity index (χ1v) is 6.11. The second-order valence-corrected chi connectivity index (χ2v) is 4.80. The van der Waals surface area contributed by atoms with Crippen LogP contribution in [0, 0.1) is 0 Å². The minimum Gasteiger partial charge on any atom is -0.478 e. The average molecular weight is 255 g/mol. The van der Waals surface area contributed by atoms with Crippen molar-refractivity contribution >= 4 is 22.4 Å². The number of benzene rings is 2. The third-order valence-electron chi connectivity index (χ3n) is 3.05. The molecule has 0 saturated heterocycles. The summed E-state index contributed by atoms with van der Waals surface area (Å²) < 4.78 is 0. The van der Waals surface area contributed by atoms with Crippen LogP contribution in [0.2, 0.25) is 0 Å². The van der Waals surface area contributed by atoms with Crippen molar-refractivity contribution in [2.24, 2.45) is 0 Å². The van der Waals surface area contributed by atoms with E-state index in [0.29, 0.717) is 5.56 Å². The summed E-state index contributed by atoms with van der Waals surface area (Å²) in [5.41, 5.74) is 2.42. The summed E-state index contributed by atoms with van der Waals surface area (Å²) in [7, 11) is 1.98. The van der Waals surface area contributed by atoms with Gasteiger partial charge < -0.3 is 10.0 Å². The van der Waals surface area contributed by atoms with E-state index in [2.05, 4.69) is 11.5 Å². The zero-order valence-corrected chi connectivity index (χ0v) is 11.2. The molecule has 2 aromatic carbocycles. The lowest BCUT2D eigenvalue weighted by molar-refractivity contribution is 0.0699. The molecule has 0 radical (unpaired) electrons. The van der Waals surface area contributed by atoms with E-state index in [1.54, 1.807) is 6.07 Å². The van der Waals surface area contributed by atoms with Crippen molar-refractivity contribution in [2.45, 2.75) is 6.92 Å². The van der Waals surface area contributed by atoms with Crippen molar-refractivity contribution in [1.82, 2.24) is 0 Å². The number of aromatic carboxylic acids is 1. The molecule has 98 valence electrons. The normalized spacial score (nSPS) is 10.4. The van der Waals surface area contributed by atoms with E-state index >= 15 is 0 Å².